The molecule has 0 heterocycles. The molecule has 1 atom stereocenters. The first-order valence-electron chi connectivity index (χ1n) is 6.36. The van der Waals surface area contributed by atoms with Gasteiger partial charge in [-0.1, -0.05) is 43.2 Å². The highest BCUT2D eigenvalue weighted by Crippen LogP contribution is 2.23. The summed E-state index contributed by atoms with van der Waals surface area (Å²) in [4.78, 5) is 11.8. The molecule has 1 unspecified atom stereocenters. The van der Waals surface area contributed by atoms with Gasteiger partial charge < -0.3 is 4.74 Å². The first-order chi connectivity index (χ1) is 8.79. The highest BCUT2D eigenvalue weighted by Gasteiger charge is 2.20. The molecule has 18 heavy (non-hydrogen) atoms. The van der Waals surface area contributed by atoms with Gasteiger partial charge >= 0.3 is 5.97 Å². The van der Waals surface area contributed by atoms with E-state index in [0.29, 0.717) is 0 Å². The smallest absolute Gasteiger partial charge is 0.313 e. The van der Waals surface area contributed by atoms with Crippen molar-refractivity contribution in [2.45, 2.75) is 38.0 Å². The van der Waals surface area contributed by atoms with Crippen LogP contribution >= 0.6 is 0 Å². The minimum absolute atomic E-state index is 0.151. The van der Waals surface area contributed by atoms with Crippen molar-refractivity contribution in [3.63, 3.8) is 0 Å². The van der Waals surface area contributed by atoms with E-state index in [0.717, 1.165) is 37.7 Å². The molecule has 0 N–H and O–H groups in total. The zero-order valence-electron chi connectivity index (χ0n) is 10.9. The molecule has 2 heteroatoms. The monoisotopic (exact) mass is 244 g/mol. The molecule has 0 fully saturated rings. The number of benzene rings is 1. The van der Waals surface area contributed by atoms with Gasteiger partial charge in [-0.25, -0.2) is 0 Å². The van der Waals surface area contributed by atoms with Crippen molar-refractivity contribution in [2.75, 3.05) is 7.11 Å². The van der Waals surface area contributed by atoms with Gasteiger partial charge in [-0.3, -0.25) is 4.79 Å². The van der Waals surface area contributed by atoms with Gasteiger partial charge in [0.15, 0.2) is 0 Å². The number of ether oxygens (including phenoxy) is 1. The molecule has 0 radical (unpaired) electrons. The Hall–Kier alpha value is -1.75. The second-order valence-corrected chi connectivity index (χ2v) is 4.29. The fraction of sp³-hybridized carbons (Fsp3) is 0.438. The zero-order chi connectivity index (χ0) is 13.2. The van der Waals surface area contributed by atoms with E-state index in [1.54, 1.807) is 0 Å². The molecule has 0 bridgehead atoms. The predicted molar refractivity (Wildman–Crippen MR) is 73.1 cm³/mol. The Bertz CT molecular complexity index is 389. The van der Waals surface area contributed by atoms with Gasteiger partial charge in [-0.15, -0.1) is 12.3 Å². The Labute approximate surface area is 109 Å². The lowest BCUT2D eigenvalue weighted by Gasteiger charge is -2.14. The van der Waals surface area contributed by atoms with E-state index in [1.807, 2.05) is 30.3 Å². The minimum atomic E-state index is -0.154. The van der Waals surface area contributed by atoms with E-state index in [4.69, 9.17) is 11.2 Å². The molecule has 0 aliphatic rings. The van der Waals surface area contributed by atoms with Crippen molar-refractivity contribution >= 4 is 5.97 Å². The van der Waals surface area contributed by atoms with Crippen LogP contribution in [0.1, 0.15) is 43.6 Å². The predicted octanol–water partition coefficient (Wildman–Crippen LogP) is 3.53. The molecule has 0 saturated heterocycles. The van der Waals surface area contributed by atoms with Crippen molar-refractivity contribution in [1.82, 2.24) is 0 Å². The third-order valence-corrected chi connectivity index (χ3v) is 3.00. The SMILES string of the molecule is C#CCCCCCC(C(=O)OC)c1ccccc1. The van der Waals surface area contributed by atoms with Crippen molar-refractivity contribution in [3.8, 4) is 12.3 Å². The zero-order valence-corrected chi connectivity index (χ0v) is 10.9. The minimum Gasteiger partial charge on any atom is -0.469 e. The first-order valence-corrected chi connectivity index (χ1v) is 6.36. The van der Waals surface area contributed by atoms with Crippen molar-refractivity contribution < 1.29 is 9.53 Å². The highest BCUT2D eigenvalue weighted by atomic mass is 16.5. The standard InChI is InChI=1S/C16H20O2/c1-3-4-5-6-10-13-15(16(17)18-2)14-11-8-7-9-12-14/h1,7-9,11-12,15H,4-6,10,13H2,2H3. The number of terminal acetylenes is 1. The summed E-state index contributed by atoms with van der Waals surface area (Å²) in [6.07, 6.45) is 9.93. The second kappa shape index (κ2) is 8.36. The largest absolute Gasteiger partial charge is 0.469 e. The van der Waals surface area contributed by atoms with Gasteiger partial charge in [0.2, 0.25) is 0 Å². The number of carbonyl (C=O) groups is 1. The Morgan fingerprint density at radius 3 is 2.61 bits per heavy atom. The summed E-state index contributed by atoms with van der Waals surface area (Å²) in [6.45, 7) is 0. The third kappa shape index (κ3) is 4.63. The summed E-state index contributed by atoms with van der Waals surface area (Å²) >= 11 is 0. The Morgan fingerprint density at radius 1 is 1.28 bits per heavy atom. The average Bonchev–Trinajstić information content (AvgIpc) is 2.43. The molecule has 0 spiro atoms. The number of unbranched alkanes of at least 4 members (excludes halogenated alkanes) is 3. The van der Waals surface area contributed by atoms with E-state index in [9.17, 15) is 4.79 Å². The van der Waals surface area contributed by atoms with Crippen LogP contribution in [0.4, 0.5) is 0 Å². The van der Waals surface area contributed by atoms with Crippen LogP contribution in [0, 0.1) is 12.3 Å². The Balaban J connectivity index is 2.53. The molecule has 0 saturated carbocycles. The molecular weight excluding hydrogens is 224 g/mol. The van der Waals surface area contributed by atoms with E-state index in [1.165, 1.54) is 7.11 Å². The molecule has 1 rings (SSSR count). The topological polar surface area (TPSA) is 26.3 Å². The van der Waals surface area contributed by atoms with Crippen LogP contribution in [0.15, 0.2) is 30.3 Å². The molecule has 0 aliphatic carbocycles. The lowest BCUT2D eigenvalue weighted by molar-refractivity contribution is -0.142. The van der Waals surface area contributed by atoms with Crippen molar-refractivity contribution in [2.24, 2.45) is 0 Å². The molecule has 2 nitrogen and oxygen atoms in total. The van der Waals surface area contributed by atoms with Gasteiger partial charge in [0.25, 0.3) is 0 Å². The number of hydrogen-bond acceptors (Lipinski definition) is 2. The summed E-state index contributed by atoms with van der Waals surface area (Å²) in [6, 6.07) is 9.80. The Morgan fingerprint density at radius 2 is 2.00 bits per heavy atom. The molecular formula is C16H20O2. The van der Waals surface area contributed by atoms with Crippen LogP contribution in [0.5, 0.6) is 0 Å². The molecule has 1 aromatic carbocycles. The van der Waals surface area contributed by atoms with Crippen molar-refractivity contribution in [1.29, 1.82) is 0 Å². The lowest BCUT2D eigenvalue weighted by Crippen LogP contribution is -2.14. The van der Waals surface area contributed by atoms with Gasteiger partial charge in [-0.2, -0.15) is 0 Å². The van der Waals surface area contributed by atoms with Gasteiger partial charge in [-0.05, 0) is 18.4 Å². The van der Waals surface area contributed by atoms with E-state index in [-0.39, 0.29) is 11.9 Å². The number of methoxy groups -OCH3 is 1. The summed E-state index contributed by atoms with van der Waals surface area (Å²) in [5, 5.41) is 0. The molecule has 0 aliphatic heterocycles. The normalized spacial score (nSPS) is 11.6. The van der Waals surface area contributed by atoms with Crippen LogP contribution in [-0.4, -0.2) is 13.1 Å². The van der Waals surface area contributed by atoms with Crippen LogP contribution in [0.25, 0.3) is 0 Å². The maximum absolute atomic E-state index is 11.8. The van der Waals surface area contributed by atoms with Crippen LogP contribution in [0.2, 0.25) is 0 Å². The summed E-state index contributed by atoms with van der Waals surface area (Å²) < 4.78 is 4.87. The Kier molecular flexibility index (Phi) is 6.64. The summed E-state index contributed by atoms with van der Waals surface area (Å²) in [5.74, 6) is 2.32. The quantitative estimate of drug-likeness (QED) is 0.416. The van der Waals surface area contributed by atoms with Crippen LogP contribution < -0.4 is 0 Å². The maximum Gasteiger partial charge on any atom is 0.313 e. The number of rotatable bonds is 7. The fourth-order valence-electron chi connectivity index (χ4n) is 2.00. The molecule has 1 aromatic rings. The first kappa shape index (κ1) is 14.3. The molecule has 0 amide bonds. The van der Waals surface area contributed by atoms with E-state index >= 15 is 0 Å². The van der Waals surface area contributed by atoms with Crippen molar-refractivity contribution in [3.05, 3.63) is 35.9 Å². The maximum atomic E-state index is 11.8. The number of hydrogen-bond donors (Lipinski definition) is 0. The van der Waals surface area contributed by atoms with Crippen LogP contribution in [0.3, 0.4) is 0 Å². The summed E-state index contributed by atoms with van der Waals surface area (Å²) in [5.41, 5.74) is 1.03. The lowest BCUT2D eigenvalue weighted by atomic mass is 9.93. The van der Waals surface area contributed by atoms with E-state index < -0.39 is 0 Å². The second-order valence-electron chi connectivity index (χ2n) is 4.29. The van der Waals surface area contributed by atoms with Crippen LogP contribution in [-0.2, 0) is 9.53 Å². The van der Waals surface area contributed by atoms with E-state index in [2.05, 4.69) is 5.92 Å². The van der Waals surface area contributed by atoms with Gasteiger partial charge in [0.05, 0.1) is 13.0 Å². The number of carbonyl (C=O) groups excluding carboxylic acids is 1. The molecule has 96 valence electrons. The third-order valence-electron chi connectivity index (χ3n) is 3.00. The van der Waals surface area contributed by atoms with Gasteiger partial charge in [0.1, 0.15) is 0 Å². The summed E-state index contributed by atoms with van der Waals surface area (Å²) in [7, 11) is 1.44. The average molecular weight is 244 g/mol. The number of esters is 1. The molecule has 0 aromatic heterocycles. The highest BCUT2D eigenvalue weighted by molar-refractivity contribution is 5.77. The fourth-order valence-corrected chi connectivity index (χ4v) is 2.00. The van der Waals surface area contributed by atoms with Gasteiger partial charge in [0, 0.05) is 6.42 Å².